The van der Waals surface area contributed by atoms with Gasteiger partial charge in [0.15, 0.2) is 37.0 Å². The van der Waals surface area contributed by atoms with Crippen LogP contribution in [0, 0.1) is 0 Å². The number of ether oxygens (including phenoxy) is 10. The van der Waals surface area contributed by atoms with Gasteiger partial charge in [-0.25, -0.2) is 0 Å². The second-order valence-corrected chi connectivity index (χ2v) is 12.3. The van der Waals surface area contributed by atoms with E-state index in [0.29, 0.717) is 11.3 Å². The fraction of sp³-hybridized carbons (Fsp3) is 0.645. The lowest BCUT2D eigenvalue weighted by Crippen LogP contribution is -2.67. The Hall–Kier alpha value is -3.28. The minimum absolute atomic E-state index is 0.0935. The molecule has 3 saturated heterocycles. The molecular formula is C31H40O15S. The number of esters is 5. The van der Waals surface area contributed by atoms with Crippen molar-refractivity contribution in [3.05, 3.63) is 35.9 Å². The molecule has 1 aromatic rings. The lowest BCUT2D eigenvalue weighted by atomic mass is 9.96. The molecule has 3 aliphatic heterocycles. The SMILES string of the molecule is CCS[C@H]1O[C@@H]2COC(c3ccccc3)O[C@H]2[C@H](O[C@H]2O[C@H](COC(C)=O)[C@@H](OC(C)=O)[C@H](OC(C)=O)[C@@H]2OC(C)=O)[C@@H]1OC(C)=O. The third-order valence-corrected chi connectivity index (χ3v) is 8.27. The van der Waals surface area contributed by atoms with Crippen LogP contribution in [0.1, 0.15) is 53.4 Å². The predicted molar refractivity (Wildman–Crippen MR) is 159 cm³/mol. The molecule has 0 amide bonds. The van der Waals surface area contributed by atoms with Crippen LogP contribution in [-0.2, 0) is 71.3 Å². The smallest absolute Gasteiger partial charge is 0.303 e. The van der Waals surface area contributed by atoms with E-state index in [0.717, 1.165) is 20.8 Å². The second kappa shape index (κ2) is 16.7. The Bertz CT molecular complexity index is 1260. The topological polar surface area (TPSA) is 178 Å². The fourth-order valence-electron chi connectivity index (χ4n) is 5.55. The Labute approximate surface area is 276 Å². The Balaban J connectivity index is 1.77. The van der Waals surface area contributed by atoms with Crippen molar-refractivity contribution >= 4 is 41.6 Å². The van der Waals surface area contributed by atoms with Crippen LogP contribution in [-0.4, -0.2) is 109 Å². The fourth-order valence-corrected chi connectivity index (χ4v) is 6.50. The third-order valence-electron chi connectivity index (χ3n) is 7.23. The summed E-state index contributed by atoms with van der Waals surface area (Å²) in [4.78, 5) is 61.0. The molecule has 3 fully saturated rings. The van der Waals surface area contributed by atoms with E-state index in [2.05, 4.69) is 0 Å². The van der Waals surface area contributed by atoms with E-state index in [1.54, 1.807) is 0 Å². The summed E-state index contributed by atoms with van der Waals surface area (Å²) in [5.74, 6) is -3.06. The molecule has 0 aromatic heterocycles. The summed E-state index contributed by atoms with van der Waals surface area (Å²) in [5, 5.41) is 0. The van der Waals surface area contributed by atoms with E-state index in [9.17, 15) is 24.0 Å². The van der Waals surface area contributed by atoms with Crippen molar-refractivity contribution in [2.75, 3.05) is 19.0 Å². The van der Waals surface area contributed by atoms with Gasteiger partial charge in [-0.3, -0.25) is 24.0 Å². The summed E-state index contributed by atoms with van der Waals surface area (Å²) < 4.78 is 59.0. The van der Waals surface area contributed by atoms with Gasteiger partial charge in [0, 0.05) is 40.2 Å². The molecule has 260 valence electrons. The van der Waals surface area contributed by atoms with Gasteiger partial charge in [-0.1, -0.05) is 37.3 Å². The van der Waals surface area contributed by atoms with Gasteiger partial charge in [0.2, 0.25) is 0 Å². The van der Waals surface area contributed by atoms with E-state index >= 15 is 0 Å². The number of rotatable bonds is 11. The molecule has 0 N–H and O–H groups in total. The molecule has 0 radical (unpaired) electrons. The van der Waals surface area contributed by atoms with E-state index in [-0.39, 0.29) is 6.61 Å². The number of benzene rings is 1. The van der Waals surface area contributed by atoms with Gasteiger partial charge < -0.3 is 47.4 Å². The molecule has 1 unspecified atom stereocenters. The molecule has 3 aliphatic rings. The first-order valence-electron chi connectivity index (χ1n) is 15.1. The van der Waals surface area contributed by atoms with Crippen LogP contribution >= 0.6 is 11.8 Å². The number of hydrogen-bond donors (Lipinski definition) is 0. The Morgan fingerprint density at radius 2 is 1.32 bits per heavy atom. The monoisotopic (exact) mass is 684 g/mol. The lowest BCUT2D eigenvalue weighted by Gasteiger charge is -2.51. The molecule has 0 aliphatic carbocycles. The van der Waals surface area contributed by atoms with Crippen molar-refractivity contribution in [2.24, 2.45) is 0 Å². The zero-order valence-corrected chi connectivity index (χ0v) is 27.7. The van der Waals surface area contributed by atoms with Crippen molar-refractivity contribution < 1.29 is 71.3 Å². The first-order chi connectivity index (χ1) is 22.4. The average Bonchev–Trinajstić information content (AvgIpc) is 3.00. The molecule has 47 heavy (non-hydrogen) atoms. The quantitative estimate of drug-likeness (QED) is 0.244. The summed E-state index contributed by atoms with van der Waals surface area (Å²) >= 11 is 1.36. The van der Waals surface area contributed by atoms with Crippen molar-refractivity contribution in [1.29, 1.82) is 0 Å². The maximum absolute atomic E-state index is 12.4. The lowest BCUT2D eigenvalue weighted by molar-refractivity contribution is -0.367. The summed E-state index contributed by atoms with van der Waals surface area (Å²) in [7, 11) is 0. The zero-order valence-electron chi connectivity index (χ0n) is 26.9. The summed E-state index contributed by atoms with van der Waals surface area (Å²) in [6, 6.07) is 9.14. The van der Waals surface area contributed by atoms with E-state index < -0.39 is 103 Å². The highest BCUT2D eigenvalue weighted by atomic mass is 32.2. The first-order valence-corrected chi connectivity index (χ1v) is 16.1. The minimum Gasteiger partial charge on any atom is -0.463 e. The molecule has 0 saturated carbocycles. The Morgan fingerprint density at radius 3 is 1.91 bits per heavy atom. The van der Waals surface area contributed by atoms with E-state index in [1.165, 1.54) is 25.6 Å². The summed E-state index contributed by atoms with van der Waals surface area (Å²) in [6.45, 7) is 7.33. The number of hydrogen-bond acceptors (Lipinski definition) is 16. The second-order valence-electron chi connectivity index (χ2n) is 10.9. The van der Waals surface area contributed by atoms with Crippen molar-refractivity contribution in [3.8, 4) is 0 Å². The highest BCUT2D eigenvalue weighted by Crippen LogP contribution is 2.41. The van der Waals surface area contributed by atoms with Crippen LogP contribution in [0.2, 0.25) is 0 Å². The van der Waals surface area contributed by atoms with E-state index in [1.807, 2.05) is 37.3 Å². The Kier molecular flexibility index (Phi) is 13.0. The number of carbonyl (C=O) groups is 5. The number of thioether (sulfide) groups is 1. The molecule has 11 atom stereocenters. The van der Waals surface area contributed by atoms with Gasteiger partial charge in [-0.05, 0) is 5.75 Å². The van der Waals surface area contributed by atoms with E-state index in [4.69, 9.17) is 47.4 Å². The predicted octanol–water partition coefficient (Wildman–Crippen LogP) is 1.98. The highest BCUT2D eigenvalue weighted by molar-refractivity contribution is 7.99. The van der Waals surface area contributed by atoms with Gasteiger partial charge in [0.25, 0.3) is 0 Å². The van der Waals surface area contributed by atoms with Crippen LogP contribution in [0.15, 0.2) is 30.3 Å². The van der Waals surface area contributed by atoms with Crippen LogP contribution < -0.4 is 0 Å². The maximum Gasteiger partial charge on any atom is 0.303 e. The third kappa shape index (κ3) is 9.64. The van der Waals surface area contributed by atoms with Crippen molar-refractivity contribution in [2.45, 2.75) is 108 Å². The van der Waals surface area contributed by atoms with Crippen LogP contribution in [0.25, 0.3) is 0 Å². The number of carbonyl (C=O) groups excluding carboxylic acids is 5. The van der Waals surface area contributed by atoms with Gasteiger partial charge in [0.05, 0.1) is 6.61 Å². The molecule has 1 aromatic carbocycles. The zero-order chi connectivity index (χ0) is 34.2. The summed E-state index contributed by atoms with van der Waals surface area (Å²) in [6.07, 6.45) is -11.8. The van der Waals surface area contributed by atoms with Crippen LogP contribution in [0.5, 0.6) is 0 Å². The molecule has 4 rings (SSSR count). The number of fused-ring (bicyclic) bond motifs is 1. The van der Waals surface area contributed by atoms with Gasteiger partial charge in [-0.15, -0.1) is 11.8 Å². The van der Waals surface area contributed by atoms with Crippen molar-refractivity contribution in [3.63, 3.8) is 0 Å². The largest absolute Gasteiger partial charge is 0.463 e. The van der Waals surface area contributed by atoms with Crippen LogP contribution in [0.3, 0.4) is 0 Å². The van der Waals surface area contributed by atoms with Gasteiger partial charge >= 0.3 is 29.8 Å². The molecular weight excluding hydrogens is 644 g/mol. The molecule has 0 spiro atoms. The van der Waals surface area contributed by atoms with Gasteiger partial charge in [0.1, 0.15) is 36.5 Å². The van der Waals surface area contributed by atoms with Gasteiger partial charge in [-0.2, -0.15) is 0 Å². The molecule has 16 heteroatoms. The molecule has 15 nitrogen and oxygen atoms in total. The molecule has 0 bridgehead atoms. The first kappa shape index (κ1) is 36.6. The molecule has 3 heterocycles. The highest BCUT2D eigenvalue weighted by Gasteiger charge is 2.58. The standard InChI is InChI=1S/C31H40O15S/c1-7-47-31-28(42-19(6)36)26(24-22(44-31)14-38-29(45-24)20-11-9-8-10-12-20)46-30-27(41-18(5)35)25(40-17(4)34)23(39-16(3)33)21(43-30)13-37-15(2)32/h8-12,21-31H,7,13-14H2,1-6H3/t21-,22-,23-,24-,25+,26+,27+,28+,29?,30-,31-/m1/s1. The van der Waals surface area contributed by atoms with Crippen LogP contribution in [0.4, 0.5) is 0 Å². The normalized spacial score (nSPS) is 33.4. The van der Waals surface area contributed by atoms with Crippen molar-refractivity contribution in [1.82, 2.24) is 0 Å². The average molecular weight is 685 g/mol. The maximum atomic E-state index is 12.4. The Morgan fingerprint density at radius 1 is 0.723 bits per heavy atom. The summed E-state index contributed by atoms with van der Waals surface area (Å²) in [5.41, 5.74) is -0.0209. The minimum atomic E-state index is -1.55.